The summed E-state index contributed by atoms with van der Waals surface area (Å²) in [6, 6.07) is 15.0. The highest BCUT2D eigenvalue weighted by Gasteiger charge is 2.11. The number of methoxy groups -OCH3 is 2. The highest BCUT2D eigenvalue weighted by Crippen LogP contribution is 2.27. The van der Waals surface area contributed by atoms with Crippen molar-refractivity contribution in [1.29, 1.82) is 0 Å². The first kappa shape index (κ1) is 13.2. The SMILES string of the molecule is COc1ccc(-c2nnc(-c3cccc(OC)c3)o2)cc1. The van der Waals surface area contributed by atoms with Gasteiger partial charge in [-0.2, -0.15) is 0 Å². The van der Waals surface area contributed by atoms with E-state index in [2.05, 4.69) is 10.2 Å². The van der Waals surface area contributed by atoms with Gasteiger partial charge in [0, 0.05) is 11.1 Å². The molecule has 0 fully saturated rings. The second kappa shape index (κ2) is 5.66. The van der Waals surface area contributed by atoms with Crippen LogP contribution < -0.4 is 9.47 Å². The van der Waals surface area contributed by atoms with E-state index >= 15 is 0 Å². The van der Waals surface area contributed by atoms with Crippen LogP contribution in [-0.4, -0.2) is 24.4 Å². The first-order valence-electron chi connectivity index (χ1n) is 6.42. The van der Waals surface area contributed by atoms with Crippen LogP contribution >= 0.6 is 0 Å². The minimum atomic E-state index is 0.458. The molecule has 0 atom stereocenters. The van der Waals surface area contributed by atoms with Crippen LogP contribution in [0.2, 0.25) is 0 Å². The normalized spacial score (nSPS) is 10.4. The second-order valence-corrected chi connectivity index (χ2v) is 4.37. The highest BCUT2D eigenvalue weighted by atomic mass is 16.5. The molecule has 0 N–H and O–H groups in total. The Morgan fingerprint density at radius 1 is 0.762 bits per heavy atom. The number of hydrogen-bond donors (Lipinski definition) is 0. The molecule has 0 unspecified atom stereocenters. The molecule has 0 aliphatic rings. The monoisotopic (exact) mass is 282 g/mol. The summed E-state index contributed by atoms with van der Waals surface area (Å²) in [6.45, 7) is 0. The molecule has 3 aromatic rings. The number of rotatable bonds is 4. The van der Waals surface area contributed by atoms with Gasteiger partial charge in [-0.25, -0.2) is 0 Å². The van der Waals surface area contributed by atoms with Gasteiger partial charge in [0.25, 0.3) is 0 Å². The second-order valence-electron chi connectivity index (χ2n) is 4.37. The Bertz CT molecular complexity index is 735. The van der Waals surface area contributed by atoms with E-state index in [9.17, 15) is 0 Å². The standard InChI is InChI=1S/C16H14N2O3/c1-19-13-8-6-11(7-9-13)15-17-18-16(21-15)12-4-3-5-14(10-12)20-2/h3-10H,1-2H3. The van der Waals surface area contributed by atoms with E-state index in [0.29, 0.717) is 11.8 Å². The summed E-state index contributed by atoms with van der Waals surface area (Å²) in [4.78, 5) is 0. The third kappa shape index (κ3) is 2.72. The van der Waals surface area contributed by atoms with Crippen LogP contribution in [-0.2, 0) is 0 Å². The van der Waals surface area contributed by atoms with Crippen molar-refractivity contribution in [2.45, 2.75) is 0 Å². The molecule has 0 saturated carbocycles. The summed E-state index contributed by atoms with van der Waals surface area (Å²) < 4.78 is 16.0. The Hall–Kier alpha value is -2.82. The molecule has 0 bridgehead atoms. The molecule has 0 aliphatic heterocycles. The van der Waals surface area contributed by atoms with Crippen molar-refractivity contribution in [3.63, 3.8) is 0 Å². The lowest BCUT2D eigenvalue weighted by molar-refractivity contribution is 0.414. The summed E-state index contributed by atoms with van der Waals surface area (Å²) in [6.07, 6.45) is 0. The van der Waals surface area contributed by atoms with E-state index in [4.69, 9.17) is 13.9 Å². The van der Waals surface area contributed by atoms with Gasteiger partial charge in [-0.1, -0.05) is 6.07 Å². The molecule has 1 heterocycles. The van der Waals surface area contributed by atoms with Gasteiger partial charge in [-0.3, -0.25) is 0 Å². The predicted molar refractivity (Wildman–Crippen MR) is 78.3 cm³/mol. The Morgan fingerprint density at radius 3 is 2.10 bits per heavy atom. The van der Waals surface area contributed by atoms with Crippen LogP contribution in [0.3, 0.4) is 0 Å². The molecule has 106 valence electrons. The van der Waals surface area contributed by atoms with Crippen molar-refractivity contribution in [1.82, 2.24) is 10.2 Å². The average Bonchev–Trinajstić information content (AvgIpc) is 3.05. The van der Waals surface area contributed by atoms with Crippen molar-refractivity contribution in [2.24, 2.45) is 0 Å². The Balaban J connectivity index is 1.91. The molecule has 0 radical (unpaired) electrons. The van der Waals surface area contributed by atoms with Gasteiger partial charge in [0.15, 0.2) is 0 Å². The van der Waals surface area contributed by atoms with Crippen LogP contribution in [0.5, 0.6) is 11.5 Å². The largest absolute Gasteiger partial charge is 0.497 e. The lowest BCUT2D eigenvalue weighted by Crippen LogP contribution is -1.83. The predicted octanol–water partition coefficient (Wildman–Crippen LogP) is 3.42. The Kier molecular flexibility index (Phi) is 3.55. The first-order chi connectivity index (χ1) is 10.3. The zero-order valence-electron chi connectivity index (χ0n) is 11.7. The maximum absolute atomic E-state index is 5.71. The lowest BCUT2D eigenvalue weighted by atomic mass is 10.2. The number of hydrogen-bond acceptors (Lipinski definition) is 5. The van der Waals surface area contributed by atoms with Crippen molar-refractivity contribution >= 4 is 0 Å². The summed E-state index contributed by atoms with van der Waals surface area (Å²) in [5.41, 5.74) is 1.67. The summed E-state index contributed by atoms with van der Waals surface area (Å²) in [5, 5.41) is 8.15. The van der Waals surface area contributed by atoms with Gasteiger partial charge in [0.2, 0.25) is 11.8 Å². The van der Waals surface area contributed by atoms with Crippen molar-refractivity contribution < 1.29 is 13.9 Å². The summed E-state index contributed by atoms with van der Waals surface area (Å²) in [7, 11) is 3.25. The van der Waals surface area contributed by atoms with E-state index in [1.54, 1.807) is 14.2 Å². The van der Waals surface area contributed by atoms with Gasteiger partial charge < -0.3 is 13.9 Å². The fourth-order valence-corrected chi connectivity index (χ4v) is 1.95. The van der Waals surface area contributed by atoms with Gasteiger partial charge in [-0.15, -0.1) is 10.2 Å². The zero-order chi connectivity index (χ0) is 14.7. The minimum Gasteiger partial charge on any atom is -0.497 e. The molecule has 1 aromatic heterocycles. The highest BCUT2D eigenvalue weighted by molar-refractivity contribution is 5.59. The third-order valence-electron chi connectivity index (χ3n) is 3.08. The first-order valence-corrected chi connectivity index (χ1v) is 6.42. The fourth-order valence-electron chi connectivity index (χ4n) is 1.95. The van der Waals surface area contributed by atoms with E-state index in [0.717, 1.165) is 22.6 Å². The molecular weight excluding hydrogens is 268 g/mol. The van der Waals surface area contributed by atoms with Crippen LogP contribution in [0.1, 0.15) is 0 Å². The van der Waals surface area contributed by atoms with Gasteiger partial charge >= 0.3 is 0 Å². The molecule has 5 heteroatoms. The van der Waals surface area contributed by atoms with Gasteiger partial charge in [-0.05, 0) is 42.5 Å². The van der Waals surface area contributed by atoms with Gasteiger partial charge in [0.05, 0.1) is 14.2 Å². The smallest absolute Gasteiger partial charge is 0.248 e. The van der Waals surface area contributed by atoms with Crippen molar-refractivity contribution in [3.8, 4) is 34.4 Å². The maximum Gasteiger partial charge on any atom is 0.248 e. The zero-order valence-corrected chi connectivity index (χ0v) is 11.7. The molecule has 0 saturated heterocycles. The third-order valence-corrected chi connectivity index (χ3v) is 3.08. The number of benzene rings is 2. The summed E-state index contributed by atoms with van der Waals surface area (Å²) in [5.74, 6) is 2.46. The van der Waals surface area contributed by atoms with Crippen molar-refractivity contribution in [3.05, 3.63) is 48.5 Å². The van der Waals surface area contributed by atoms with E-state index < -0.39 is 0 Å². The Morgan fingerprint density at radius 2 is 1.43 bits per heavy atom. The van der Waals surface area contributed by atoms with Crippen LogP contribution in [0, 0.1) is 0 Å². The van der Waals surface area contributed by atoms with Crippen molar-refractivity contribution in [2.75, 3.05) is 14.2 Å². The fraction of sp³-hybridized carbons (Fsp3) is 0.125. The van der Waals surface area contributed by atoms with Crippen LogP contribution in [0.4, 0.5) is 0 Å². The van der Waals surface area contributed by atoms with E-state index in [1.165, 1.54) is 0 Å². The lowest BCUT2D eigenvalue weighted by Gasteiger charge is -2.00. The Labute approximate surface area is 122 Å². The number of nitrogens with zero attached hydrogens (tertiary/aromatic N) is 2. The maximum atomic E-state index is 5.71. The molecule has 0 spiro atoms. The molecule has 5 nitrogen and oxygen atoms in total. The van der Waals surface area contributed by atoms with Gasteiger partial charge in [0.1, 0.15) is 11.5 Å². The number of ether oxygens (including phenoxy) is 2. The van der Waals surface area contributed by atoms with Crippen LogP contribution in [0.25, 0.3) is 22.9 Å². The quantitative estimate of drug-likeness (QED) is 0.733. The molecule has 0 amide bonds. The molecule has 3 rings (SSSR count). The van der Waals surface area contributed by atoms with E-state index in [-0.39, 0.29) is 0 Å². The van der Waals surface area contributed by atoms with E-state index in [1.807, 2.05) is 48.5 Å². The van der Waals surface area contributed by atoms with Crippen LogP contribution in [0.15, 0.2) is 52.9 Å². The minimum absolute atomic E-state index is 0.458. The molecule has 21 heavy (non-hydrogen) atoms. The average molecular weight is 282 g/mol. The molecule has 2 aromatic carbocycles. The topological polar surface area (TPSA) is 57.4 Å². The molecular formula is C16H14N2O3. The number of aromatic nitrogens is 2. The summed E-state index contributed by atoms with van der Waals surface area (Å²) >= 11 is 0. The molecule has 0 aliphatic carbocycles.